The molecule has 0 radical (unpaired) electrons. The van der Waals surface area contributed by atoms with Crippen molar-refractivity contribution in [3.05, 3.63) is 30.1 Å². The maximum absolute atomic E-state index is 12.8. The maximum atomic E-state index is 12.8. The van der Waals surface area contributed by atoms with Crippen molar-refractivity contribution in [1.29, 1.82) is 0 Å². The monoisotopic (exact) mass is 343 g/mol. The number of likely N-dealkylation sites (tertiary alicyclic amines) is 2. The quantitative estimate of drug-likeness (QED) is 0.839. The number of amides is 2. The summed E-state index contributed by atoms with van der Waals surface area (Å²) < 4.78 is 5.58. The van der Waals surface area contributed by atoms with Gasteiger partial charge >= 0.3 is 0 Å². The van der Waals surface area contributed by atoms with Gasteiger partial charge in [0.25, 0.3) is 5.91 Å². The van der Waals surface area contributed by atoms with E-state index in [1.807, 2.05) is 28.1 Å². The molecule has 3 saturated heterocycles. The van der Waals surface area contributed by atoms with Crippen LogP contribution in [0.15, 0.2) is 24.5 Å². The van der Waals surface area contributed by atoms with Crippen molar-refractivity contribution in [3.63, 3.8) is 0 Å². The lowest BCUT2D eigenvalue weighted by molar-refractivity contribution is -0.147. The summed E-state index contributed by atoms with van der Waals surface area (Å²) in [5.41, 5.74) is 0.819. The number of hydrogen-bond acceptors (Lipinski definition) is 4. The molecule has 3 aliphatic rings. The fraction of sp³-hybridized carbons (Fsp3) is 0.632. The summed E-state index contributed by atoms with van der Waals surface area (Å²) in [4.78, 5) is 33.4. The zero-order valence-corrected chi connectivity index (χ0v) is 14.5. The normalized spacial score (nSPS) is 29.6. The Labute approximate surface area is 148 Å². The number of rotatable bonds is 3. The van der Waals surface area contributed by atoms with Crippen LogP contribution in [0.1, 0.15) is 44.1 Å². The van der Waals surface area contributed by atoms with Crippen LogP contribution in [0, 0.1) is 0 Å². The van der Waals surface area contributed by atoms with Crippen LogP contribution in [0.25, 0.3) is 0 Å². The van der Waals surface area contributed by atoms with Crippen LogP contribution in [-0.2, 0) is 20.9 Å². The minimum absolute atomic E-state index is 0.109. The lowest BCUT2D eigenvalue weighted by Gasteiger charge is -2.46. The van der Waals surface area contributed by atoms with Crippen molar-refractivity contribution in [2.24, 2.45) is 0 Å². The molecule has 3 aliphatic heterocycles. The average molecular weight is 343 g/mol. The van der Waals surface area contributed by atoms with E-state index in [9.17, 15) is 9.59 Å². The first-order chi connectivity index (χ1) is 12.2. The van der Waals surface area contributed by atoms with E-state index in [2.05, 4.69) is 4.98 Å². The Morgan fingerprint density at radius 2 is 2.28 bits per heavy atom. The highest BCUT2D eigenvalue weighted by atomic mass is 16.5. The Hall–Kier alpha value is -1.95. The van der Waals surface area contributed by atoms with Gasteiger partial charge in [-0.15, -0.1) is 0 Å². The van der Waals surface area contributed by atoms with Gasteiger partial charge in [-0.1, -0.05) is 6.07 Å². The molecule has 2 atom stereocenters. The van der Waals surface area contributed by atoms with Gasteiger partial charge in [-0.3, -0.25) is 14.6 Å². The predicted molar refractivity (Wildman–Crippen MR) is 91.5 cm³/mol. The molecule has 4 rings (SSSR count). The topological polar surface area (TPSA) is 62.7 Å². The number of nitrogens with zero attached hydrogens (tertiary/aromatic N) is 3. The number of aromatic nitrogens is 1. The van der Waals surface area contributed by atoms with Gasteiger partial charge in [0.05, 0.1) is 5.54 Å². The molecule has 3 fully saturated rings. The molecule has 4 heterocycles. The zero-order valence-electron chi connectivity index (χ0n) is 14.5. The fourth-order valence-electron chi connectivity index (χ4n) is 4.51. The summed E-state index contributed by atoms with van der Waals surface area (Å²) in [6, 6.07) is 3.90. The number of carbonyl (C=O) groups is 2. The maximum Gasteiger partial charge on any atom is 0.251 e. The van der Waals surface area contributed by atoms with E-state index >= 15 is 0 Å². The molecule has 1 aromatic rings. The number of piperidine rings is 1. The Bertz CT molecular complexity index is 645. The first kappa shape index (κ1) is 16.5. The van der Waals surface area contributed by atoms with E-state index in [0.717, 1.165) is 44.2 Å². The Morgan fingerprint density at radius 3 is 3.04 bits per heavy atom. The smallest absolute Gasteiger partial charge is 0.251 e. The van der Waals surface area contributed by atoms with Crippen molar-refractivity contribution in [2.75, 3.05) is 19.7 Å². The highest BCUT2D eigenvalue weighted by Gasteiger charge is 2.49. The predicted octanol–water partition coefficient (Wildman–Crippen LogP) is 1.74. The molecule has 134 valence electrons. The van der Waals surface area contributed by atoms with Crippen LogP contribution < -0.4 is 0 Å². The second-order valence-corrected chi connectivity index (χ2v) is 7.43. The largest absolute Gasteiger partial charge is 0.368 e. The minimum atomic E-state index is -0.279. The summed E-state index contributed by atoms with van der Waals surface area (Å²) in [7, 11) is 0. The van der Waals surface area contributed by atoms with Gasteiger partial charge in [-0.2, -0.15) is 0 Å². The molecule has 6 heteroatoms. The van der Waals surface area contributed by atoms with Crippen LogP contribution >= 0.6 is 0 Å². The molecule has 0 N–H and O–H groups in total. The summed E-state index contributed by atoms with van der Waals surface area (Å²) in [6.45, 7) is 2.67. The van der Waals surface area contributed by atoms with E-state index in [1.165, 1.54) is 0 Å². The zero-order chi connectivity index (χ0) is 17.3. The van der Waals surface area contributed by atoms with E-state index < -0.39 is 0 Å². The first-order valence-electron chi connectivity index (χ1n) is 9.28. The molecule has 0 unspecified atom stereocenters. The molecule has 1 spiro atoms. The second-order valence-electron chi connectivity index (χ2n) is 7.43. The molecular weight excluding hydrogens is 318 g/mol. The van der Waals surface area contributed by atoms with Gasteiger partial charge in [-0.25, -0.2) is 0 Å². The summed E-state index contributed by atoms with van der Waals surface area (Å²) in [6.07, 6.45) is 8.37. The van der Waals surface area contributed by atoms with Crippen LogP contribution in [0.2, 0.25) is 0 Å². The van der Waals surface area contributed by atoms with Crippen molar-refractivity contribution >= 4 is 11.8 Å². The van der Waals surface area contributed by atoms with Gasteiger partial charge in [0.1, 0.15) is 6.10 Å². The standard InChI is InChI=1S/C19H25N3O3/c23-17-6-8-19(22(17)13-15-4-1-9-20-12-15)7-3-10-21(14-19)18(24)16-5-2-11-25-16/h1,4,9,12,16H,2-3,5-8,10-11,13-14H2/t16-,19-/m1/s1. The Kier molecular flexibility index (Phi) is 4.46. The third-order valence-electron chi connectivity index (χ3n) is 5.81. The molecule has 1 aromatic heterocycles. The van der Waals surface area contributed by atoms with E-state index in [4.69, 9.17) is 4.74 Å². The lowest BCUT2D eigenvalue weighted by Crippen LogP contribution is -2.58. The Morgan fingerprint density at radius 1 is 1.36 bits per heavy atom. The molecule has 2 amide bonds. The number of pyridine rings is 1. The lowest BCUT2D eigenvalue weighted by atomic mass is 9.86. The minimum Gasteiger partial charge on any atom is -0.368 e. The van der Waals surface area contributed by atoms with Crippen LogP contribution in [-0.4, -0.2) is 57.9 Å². The molecule has 0 saturated carbocycles. The van der Waals surface area contributed by atoms with Gasteiger partial charge in [0.15, 0.2) is 0 Å². The fourth-order valence-corrected chi connectivity index (χ4v) is 4.51. The molecule has 6 nitrogen and oxygen atoms in total. The number of hydrogen-bond donors (Lipinski definition) is 0. The highest BCUT2D eigenvalue weighted by molar-refractivity contribution is 5.83. The van der Waals surface area contributed by atoms with Crippen molar-refractivity contribution in [1.82, 2.24) is 14.8 Å². The number of carbonyl (C=O) groups excluding carboxylic acids is 2. The molecular formula is C19H25N3O3. The third kappa shape index (κ3) is 3.15. The van der Waals surface area contributed by atoms with Gasteiger partial charge < -0.3 is 14.5 Å². The summed E-state index contributed by atoms with van der Waals surface area (Å²) in [5.74, 6) is 0.299. The third-order valence-corrected chi connectivity index (χ3v) is 5.81. The second kappa shape index (κ2) is 6.75. The molecule has 0 aromatic carbocycles. The van der Waals surface area contributed by atoms with Crippen molar-refractivity contribution in [3.8, 4) is 0 Å². The van der Waals surface area contributed by atoms with Gasteiger partial charge in [0.2, 0.25) is 5.91 Å². The van der Waals surface area contributed by atoms with Crippen LogP contribution in [0.3, 0.4) is 0 Å². The van der Waals surface area contributed by atoms with Crippen molar-refractivity contribution in [2.45, 2.75) is 56.7 Å². The first-order valence-corrected chi connectivity index (χ1v) is 9.28. The van der Waals surface area contributed by atoms with Gasteiger partial charge in [0, 0.05) is 45.1 Å². The van der Waals surface area contributed by atoms with E-state index in [1.54, 1.807) is 6.20 Å². The average Bonchev–Trinajstić information content (AvgIpc) is 3.27. The SMILES string of the molecule is O=C([C@H]1CCCO1)N1CCC[C@@]2(CCC(=O)N2Cc2cccnc2)C1. The molecule has 25 heavy (non-hydrogen) atoms. The van der Waals surface area contributed by atoms with Gasteiger partial charge in [-0.05, 0) is 43.7 Å². The summed E-state index contributed by atoms with van der Waals surface area (Å²) in [5, 5.41) is 0. The number of ether oxygens (including phenoxy) is 1. The van der Waals surface area contributed by atoms with Crippen molar-refractivity contribution < 1.29 is 14.3 Å². The van der Waals surface area contributed by atoms with E-state index in [-0.39, 0.29) is 23.5 Å². The van der Waals surface area contributed by atoms with E-state index in [0.29, 0.717) is 26.1 Å². The molecule has 0 bridgehead atoms. The molecule has 0 aliphatic carbocycles. The highest BCUT2D eigenvalue weighted by Crippen LogP contribution is 2.39. The summed E-state index contributed by atoms with van der Waals surface area (Å²) >= 11 is 0. The van der Waals surface area contributed by atoms with Crippen LogP contribution in [0.5, 0.6) is 0 Å². The Balaban J connectivity index is 1.52. The van der Waals surface area contributed by atoms with Crippen LogP contribution in [0.4, 0.5) is 0 Å².